The lowest BCUT2D eigenvalue weighted by Crippen LogP contribution is -2.52. The summed E-state index contributed by atoms with van der Waals surface area (Å²) in [6.07, 6.45) is 5.04. The second-order valence-corrected chi connectivity index (χ2v) is 5.32. The van der Waals surface area contributed by atoms with Crippen molar-refractivity contribution in [3.63, 3.8) is 0 Å². The highest BCUT2D eigenvalue weighted by Crippen LogP contribution is 2.29. The Morgan fingerprint density at radius 1 is 1.24 bits per heavy atom. The fourth-order valence-electron chi connectivity index (χ4n) is 2.28. The molecule has 2 rings (SSSR count). The Morgan fingerprint density at radius 2 is 1.94 bits per heavy atom. The van der Waals surface area contributed by atoms with Crippen molar-refractivity contribution in [1.29, 1.82) is 0 Å². The first-order valence-electron chi connectivity index (χ1n) is 7.04. The lowest BCUT2D eigenvalue weighted by molar-refractivity contribution is 0.136. The Kier molecular flexibility index (Phi) is 4.66. The number of hydrogen-bond donors (Lipinski definition) is 1. The van der Waals surface area contributed by atoms with Crippen molar-refractivity contribution in [3.8, 4) is 0 Å². The van der Waals surface area contributed by atoms with Crippen molar-refractivity contribution in [2.75, 3.05) is 39.3 Å². The molecule has 1 saturated heterocycles. The van der Waals surface area contributed by atoms with Gasteiger partial charge in [-0.1, -0.05) is 13.3 Å². The third-order valence-corrected chi connectivity index (χ3v) is 3.68. The molecule has 2 fully saturated rings. The summed E-state index contributed by atoms with van der Waals surface area (Å²) >= 11 is 0. The van der Waals surface area contributed by atoms with Crippen molar-refractivity contribution in [3.05, 3.63) is 0 Å². The van der Waals surface area contributed by atoms with Gasteiger partial charge < -0.3 is 10.2 Å². The summed E-state index contributed by atoms with van der Waals surface area (Å²) in [6, 6.07) is 0.129. The number of carbonyl (C=O) groups is 1. The van der Waals surface area contributed by atoms with Crippen LogP contribution >= 0.6 is 0 Å². The average molecular weight is 239 g/mol. The number of nitrogens with zero attached hydrogens (tertiary/aromatic N) is 2. The van der Waals surface area contributed by atoms with E-state index in [-0.39, 0.29) is 6.03 Å². The quantitative estimate of drug-likeness (QED) is 0.738. The number of hydrogen-bond acceptors (Lipinski definition) is 2. The lowest BCUT2D eigenvalue weighted by atomic mass is 10.3. The zero-order chi connectivity index (χ0) is 12.1. The van der Waals surface area contributed by atoms with Gasteiger partial charge in [0.25, 0.3) is 0 Å². The van der Waals surface area contributed by atoms with Crippen LogP contribution < -0.4 is 5.32 Å². The molecule has 0 atom stereocenters. The highest BCUT2D eigenvalue weighted by molar-refractivity contribution is 5.74. The van der Waals surface area contributed by atoms with E-state index in [1.54, 1.807) is 0 Å². The van der Waals surface area contributed by atoms with E-state index in [0.717, 1.165) is 51.5 Å². The maximum atomic E-state index is 11.8. The number of carbonyl (C=O) groups excluding carboxylic acids is 1. The van der Waals surface area contributed by atoms with Crippen molar-refractivity contribution in [1.82, 2.24) is 15.1 Å². The summed E-state index contributed by atoms with van der Waals surface area (Å²) in [6.45, 7) is 8.11. The molecule has 2 amide bonds. The van der Waals surface area contributed by atoms with E-state index in [9.17, 15) is 4.79 Å². The molecular formula is C13H25N3O. The van der Waals surface area contributed by atoms with Crippen LogP contribution in [0.2, 0.25) is 0 Å². The van der Waals surface area contributed by atoms with Gasteiger partial charge in [0, 0.05) is 39.3 Å². The van der Waals surface area contributed by atoms with Gasteiger partial charge in [-0.3, -0.25) is 4.90 Å². The zero-order valence-corrected chi connectivity index (χ0v) is 11.0. The fourth-order valence-corrected chi connectivity index (χ4v) is 2.28. The second-order valence-electron chi connectivity index (χ2n) is 5.32. The van der Waals surface area contributed by atoms with E-state index in [0.29, 0.717) is 0 Å². The van der Waals surface area contributed by atoms with Gasteiger partial charge in [-0.2, -0.15) is 0 Å². The van der Waals surface area contributed by atoms with Crippen LogP contribution in [-0.2, 0) is 0 Å². The molecule has 0 aromatic heterocycles. The number of piperazine rings is 1. The summed E-state index contributed by atoms with van der Waals surface area (Å²) in [5, 5.41) is 2.99. The van der Waals surface area contributed by atoms with Crippen LogP contribution in [0.25, 0.3) is 0 Å². The van der Waals surface area contributed by atoms with Gasteiger partial charge in [0.2, 0.25) is 0 Å². The number of amides is 2. The summed E-state index contributed by atoms with van der Waals surface area (Å²) in [5.74, 6) is 0.958. The molecule has 1 saturated carbocycles. The maximum Gasteiger partial charge on any atom is 0.317 e. The molecule has 1 N–H and O–H groups in total. The molecule has 0 radical (unpaired) electrons. The summed E-state index contributed by atoms with van der Waals surface area (Å²) < 4.78 is 0. The number of rotatable bonds is 5. The van der Waals surface area contributed by atoms with Gasteiger partial charge in [0.05, 0.1) is 0 Å². The molecule has 2 aliphatic rings. The van der Waals surface area contributed by atoms with Crippen LogP contribution in [0.15, 0.2) is 0 Å². The first kappa shape index (κ1) is 12.7. The SMILES string of the molecule is CCCCNC(=O)N1CCN(CC2CC2)CC1. The van der Waals surface area contributed by atoms with Crippen LogP contribution in [0.3, 0.4) is 0 Å². The van der Waals surface area contributed by atoms with E-state index in [2.05, 4.69) is 17.1 Å². The summed E-state index contributed by atoms with van der Waals surface area (Å²) in [7, 11) is 0. The maximum absolute atomic E-state index is 11.8. The molecule has 0 bridgehead atoms. The van der Waals surface area contributed by atoms with Crippen molar-refractivity contribution in [2.24, 2.45) is 5.92 Å². The van der Waals surface area contributed by atoms with Gasteiger partial charge in [0.15, 0.2) is 0 Å². The molecule has 4 heteroatoms. The van der Waals surface area contributed by atoms with E-state index < -0.39 is 0 Å². The van der Waals surface area contributed by atoms with E-state index in [1.165, 1.54) is 19.4 Å². The minimum absolute atomic E-state index is 0.129. The van der Waals surface area contributed by atoms with Crippen molar-refractivity contribution < 1.29 is 4.79 Å². The number of unbranched alkanes of at least 4 members (excludes halogenated alkanes) is 1. The average Bonchev–Trinajstić information content (AvgIpc) is 3.14. The van der Waals surface area contributed by atoms with Crippen molar-refractivity contribution >= 4 is 6.03 Å². The number of urea groups is 1. The molecule has 0 aromatic carbocycles. The minimum atomic E-state index is 0.129. The third-order valence-electron chi connectivity index (χ3n) is 3.68. The highest BCUT2D eigenvalue weighted by atomic mass is 16.2. The molecule has 17 heavy (non-hydrogen) atoms. The molecule has 1 aliphatic heterocycles. The smallest absolute Gasteiger partial charge is 0.317 e. The first-order valence-corrected chi connectivity index (χ1v) is 7.04. The molecule has 98 valence electrons. The normalized spacial score (nSPS) is 21.6. The Labute approximate surface area is 104 Å². The Balaban J connectivity index is 1.61. The molecule has 0 aromatic rings. The molecular weight excluding hydrogens is 214 g/mol. The van der Waals surface area contributed by atoms with Gasteiger partial charge in [-0.05, 0) is 25.2 Å². The monoisotopic (exact) mass is 239 g/mol. The molecule has 0 spiro atoms. The summed E-state index contributed by atoms with van der Waals surface area (Å²) in [5.41, 5.74) is 0. The second kappa shape index (κ2) is 6.24. The highest BCUT2D eigenvalue weighted by Gasteiger charge is 2.27. The Morgan fingerprint density at radius 3 is 2.53 bits per heavy atom. The first-order chi connectivity index (χ1) is 8.29. The molecule has 0 unspecified atom stereocenters. The van der Waals surface area contributed by atoms with E-state index in [4.69, 9.17) is 0 Å². The van der Waals surface area contributed by atoms with Crippen LogP contribution in [0, 0.1) is 5.92 Å². The minimum Gasteiger partial charge on any atom is -0.338 e. The molecule has 1 heterocycles. The Bertz CT molecular complexity index is 245. The Hall–Kier alpha value is -0.770. The van der Waals surface area contributed by atoms with E-state index >= 15 is 0 Å². The predicted octanol–water partition coefficient (Wildman–Crippen LogP) is 1.52. The zero-order valence-electron chi connectivity index (χ0n) is 11.0. The van der Waals surface area contributed by atoms with Gasteiger partial charge in [-0.15, -0.1) is 0 Å². The van der Waals surface area contributed by atoms with Crippen LogP contribution in [0.1, 0.15) is 32.6 Å². The topological polar surface area (TPSA) is 35.6 Å². The van der Waals surface area contributed by atoms with Crippen LogP contribution in [-0.4, -0.2) is 55.1 Å². The fraction of sp³-hybridized carbons (Fsp3) is 0.923. The van der Waals surface area contributed by atoms with Gasteiger partial charge >= 0.3 is 6.03 Å². The number of nitrogens with one attached hydrogen (secondary N) is 1. The van der Waals surface area contributed by atoms with E-state index in [1.807, 2.05) is 4.90 Å². The predicted molar refractivity (Wildman–Crippen MR) is 69.0 cm³/mol. The van der Waals surface area contributed by atoms with Gasteiger partial charge in [0.1, 0.15) is 0 Å². The lowest BCUT2D eigenvalue weighted by Gasteiger charge is -2.34. The molecule has 1 aliphatic carbocycles. The van der Waals surface area contributed by atoms with Gasteiger partial charge in [-0.25, -0.2) is 4.79 Å². The third kappa shape index (κ3) is 4.19. The van der Waals surface area contributed by atoms with Crippen LogP contribution in [0.5, 0.6) is 0 Å². The van der Waals surface area contributed by atoms with Crippen molar-refractivity contribution in [2.45, 2.75) is 32.6 Å². The van der Waals surface area contributed by atoms with Crippen LogP contribution in [0.4, 0.5) is 4.79 Å². The summed E-state index contributed by atoms with van der Waals surface area (Å²) in [4.78, 5) is 16.3. The largest absolute Gasteiger partial charge is 0.338 e. The molecule has 4 nitrogen and oxygen atoms in total. The standard InChI is InChI=1S/C13H25N3O/c1-2-3-6-14-13(17)16-9-7-15(8-10-16)11-12-4-5-12/h12H,2-11H2,1H3,(H,14,17).